The molecule has 1 aliphatic heterocycles. The minimum absolute atomic E-state index is 0.147. The molecule has 1 saturated heterocycles. The van der Waals surface area contributed by atoms with Crippen LogP contribution in [0.5, 0.6) is 0 Å². The normalized spacial score (nSPS) is 23.2. The maximum atomic E-state index is 12.4. The highest BCUT2D eigenvalue weighted by Gasteiger charge is 2.43. The van der Waals surface area contributed by atoms with Gasteiger partial charge in [0.25, 0.3) is 0 Å². The van der Waals surface area contributed by atoms with Gasteiger partial charge < -0.3 is 0 Å². The molecule has 2 rings (SSSR count). The molecule has 1 aromatic heterocycles. The Labute approximate surface area is 113 Å². The van der Waals surface area contributed by atoms with Crippen molar-refractivity contribution in [2.75, 3.05) is 0 Å². The predicted molar refractivity (Wildman–Crippen MR) is 72.4 cm³/mol. The highest BCUT2D eigenvalue weighted by molar-refractivity contribution is 6.03. The molecule has 0 aliphatic carbocycles. The van der Waals surface area contributed by atoms with E-state index in [9.17, 15) is 9.59 Å². The molecule has 0 aromatic carbocycles. The van der Waals surface area contributed by atoms with Crippen LogP contribution in [-0.4, -0.2) is 16.8 Å². The lowest BCUT2D eigenvalue weighted by molar-refractivity contribution is -0.138. The summed E-state index contributed by atoms with van der Waals surface area (Å²) in [5, 5.41) is 2.50. The Morgan fingerprint density at radius 2 is 2.00 bits per heavy atom. The largest absolute Gasteiger partial charge is 0.296 e. The van der Waals surface area contributed by atoms with Crippen LogP contribution in [0.1, 0.15) is 51.0 Å². The summed E-state index contributed by atoms with van der Waals surface area (Å²) in [5.74, 6) is -0.309. The van der Waals surface area contributed by atoms with E-state index in [1.165, 1.54) is 0 Å². The SMILES string of the molecule is CCCCC[C@]1(c2ccncc2)CCC(=O)NC1=O. The molecule has 102 valence electrons. The van der Waals surface area contributed by atoms with E-state index < -0.39 is 5.41 Å². The van der Waals surface area contributed by atoms with Gasteiger partial charge in [0, 0.05) is 18.8 Å². The highest BCUT2D eigenvalue weighted by Crippen LogP contribution is 2.37. The molecule has 19 heavy (non-hydrogen) atoms. The van der Waals surface area contributed by atoms with Gasteiger partial charge in [-0.1, -0.05) is 26.2 Å². The third-order valence-corrected chi connectivity index (χ3v) is 3.91. The number of rotatable bonds is 5. The van der Waals surface area contributed by atoms with E-state index >= 15 is 0 Å². The summed E-state index contributed by atoms with van der Waals surface area (Å²) in [6.45, 7) is 2.14. The van der Waals surface area contributed by atoms with Crippen molar-refractivity contribution in [1.82, 2.24) is 10.3 Å². The first kappa shape index (κ1) is 13.7. The number of aromatic nitrogens is 1. The van der Waals surface area contributed by atoms with Crippen molar-refractivity contribution in [3.05, 3.63) is 30.1 Å². The fourth-order valence-corrected chi connectivity index (χ4v) is 2.76. The number of carbonyl (C=O) groups excluding carboxylic acids is 2. The van der Waals surface area contributed by atoms with Gasteiger partial charge in [0.2, 0.25) is 11.8 Å². The Morgan fingerprint density at radius 3 is 2.63 bits per heavy atom. The van der Waals surface area contributed by atoms with E-state index in [0.717, 1.165) is 31.2 Å². The molecule has 0 spiro atoms. The molecule has 2 amide bonds. The van der Waals surface area contributed by atoms with Crippen LogP contribution in [0.3, 0.4) is 0 Å². The van der Waals surface area contributed by atoms with E-state index in [2.05, 4.69) is 17.2 Å². The number of nitrogens with one attached hydrogen (secondary N) is 1. The number of amides is 2. The van der Waals surface area contributed by atoms with Crippen LogP contribution in [0.2, 0.25) is 0 Å². The summed E-state index contributed by atoms with van der Waals surface area (Å²) in [5.41, 5.74) is 0.426. The first-order chi connectivity index (χ1) is 9.19. The third kappa shape index (κ3) is 2.83. The fraction of sp³-hybridized carbons (Fsp3) is 0.533. The number of carbonyl (C=O) groups is 2. The van der Waals surface area contributed by atoms with Gasteiger partial charge in [-0.05, 0) is 30.5 Å². The Morgan fingerprint density at radius 1 is 1.26 bits per heavy atom. The third-order valence-electron chi connectivity index (χ3n) is 3.91. The van der Waals surface area contributed by atoms with Crippen molar-refractivity contribution in [1.29, 1.82) is 0 Å². The Balaban J connectivity index is 2.27. The molecule has 0 bridgehead atoms. The lowest BCUT2D eigenvalue weighted by atomic mass is 9.70. The van der Waals surface area contributed by atoms with Crippen LogP contribution in [0, 0.1) is 0 Å². The summed E-state index contributed by atoms with van der Waals surface area (Å²) >= 11 is 0. The molecule has 2 heterocycles. The molecular formula is C15H20N2O2. The van der Waals surface area contributed by atoms with Crippen molar-refractivity contribution >= 4 is 11.8 Å². The second-order valence-electron chi connectivity index (χ2n) is 5.15. The van der Waals surface area contributed by atoms with Crippen molar-refractivity contribution in [2.24, 2.45) is 0 Å². The van der Waals surface area contributed by atoms with Crippen LogP contribution in [0.4, 0.5) is 0 Å². The van der Waals surface area contributed by atoms with Gasteiger partial charge in [-0.15, -0.1) is 0 Å². The summed E-state index contributed by atoms with van der Waals surface area (Å²) in [6.07, 6.45) is 8.46. The summed E-state index contributed by atoms with van der Waals surface area (Å²) < 4.78 is 0. The average molecular weight is 260 g/mol. The van der Waals surface area contributed by atoms with Crippen LogP contribution < -0.4 is 5.32 Å². The van der Waals surface area contributed by atoms with Crippen molar-refractivity contribution < 1.29 is 9.59 Å². The summed E-state index contributed by atoms with van der Waals surface area (Å²) in [7, 11) is 0. The number of piperidine rings is 1. The van der Waals surface area contributed by atoms with E-state index in [4.69, 9.17) is 0 Å². The standard InChI is InChI=1S/C15H20N2O2/c1-2-3-4-8-15(12-6-10-16-11-7-12)9-5-13(18)17-14(15)19/h6-7,10-11H,2-5,8-9H2,1H3,(H,17,18,19)/t15-/m1/s1. The Kier molecular flexibility index (Phi) is 4.30. The van der Waals surface area contributed by atoms with Gasteiger partial charge in [0.15, 0.2) is 0 Å². The topological polar surface area (TPSA) is 59.1 Å². The van der Waals surface area contributed by atoms with Gasteiger partial charge in [0.05, 0.1) is 5.41 Å². The molecule has 1 fully saturated rings. The minimum atomic E-state index is -0.550. The Hall–Kier alpha value is -1.71. The number of imide groups is 1. The summed E-state index contributed by atoms with van der Waals surface area (Å²) in [4.78, 5) is 27.8. The molecule has 0 unspecified atom stereocenters. The van der Waals surface area contributed by atoms with Crippen LogP contribution in [-0.2, 0) is 15.0 Å². The van der Waals surface area contributed by atoms with Crippen molar-refractivity contribution in [2.45, 2.75) is 50.9 Å². The van der Waals surface area contributed by atoms with Crippen LogP contribution in [0.25, 0.3) is 0 Å². The quantitative estimate of drug-likeness (QED) is 0.653. The first-order valence-electron chi connectivity index (χ1n) is 6.94. The zero-order chi connectivity index (χ0) is 13.7. The van der Waals surface area contributed by atoms with Gasteiger partial charge in [0.1, 0.15) is 0 Å². The predicted octanol–water partition coefficient (Wildman–Crippen LogP) is 2.34. The smallest absolute Gasteiger partial charge is 0.237 e. The molecular weight excluding hydrogens is 240 g/mol. The summed E-state index contributed by atoms with van der Waals surface area (Å²) in [6, 6.07) is 3.78. The van der Waals surface area contributed by atoms with Gasteiger partial charge in [-0.25, -0.2) is 0 Å². The van der Waals surface area contributed by atoms with Crippen LogP contribution in [0.15, 0.2) is 24.5 Å². The number of pyridine rings is 1. The average Bonchev–Trinajstić information content (AvgIpc) is 2.43. The molecule has 1 atom stereocenters. The zero-order valence-corrected chi connectivity index (χ0v) is 11.3. The number of hydrogen-bond donors (Lipinski definition) is 1. The fourth-order valence-electron chi connectivity index (χ4n) is 2.76. The second kappa shape index (κ2) is 5.95. The first-order valence-corrected chi connectivity index (χ1v) is 6.94. The lowest BCUT2D eigenvalue weighted by Crippen LogP contribution is -2.51. The number of nitrogens with zero attached hydrogens (tertiary/aromatic N) is 1. The van der Waals surface area contributed by atoms with E-state index in [1.54, 1.807) is 12.4 Å². The maximum absolute atomic E-state index is 12.4. The zero-order valence-electron chi connectivity index (χ0n) is 11.3. The van der Waals surface area contributed by atoms with Crippen molar-refractivity contribution in [3.8, 4) is 0 Å². The van der Waals surface area contributed by atoms with Gasteiger partial charge in [-0.2, -0.15) is 0 Å². The van der Waals surface area contributed by atoms with Gasteiger partial charge in [-0.3, -0.25) is 19.9 Å². The molecule has 1 aromatic rings. The van der Waals surface area contributed by atoms with E-state index in [0.29, 0.717) is 12.8 Å². The van der Waals surface area contributed by atoms with Crippen molar-refractivity contribution in [3.63, 3.8) is 0 Å². The minimum Gasteiger partial charge on any atom is -0.296 e. The van der Waals surface area contributed by atoms with E-state index in [1.807, 2.05) is 12.1 Å². The van der Waals surface area contributed by atoms with E-state index in [-0.39, 0.29) is 11.8 Å². The lowest BCUT2D eigenvalue weighted by Gasteiger charge is -2.35. The molecule has 0 saturated carbocycles. The second-order valence-corrected chi connectivity index (χ2v) is 5.15. The molecule has 1 aliphatic rings. The molecule has 4 nitrogen and oxygen atoms in total. The number of hydrogen-bond acceptors (Lipinski definition) is 3. The monoisotopic (exact) mass is 260 g/mol. The number of unbranched alkanes of at least 4 members (excludes halogenated alkanes) is 2. The molecule has 0 radical (unpaired) electrons. The molecule has 4 heteroatoms. The van der Waals surface area contributed by atoms with Crippen LogP contribution >= 0.6 is 0 Å². The molecule has 1 N–H and O–H groups in total. The van der Waals surface area contributed by atoms with Gasteiger partial charge >= 0.3 is 0 Å². The maximum Gasteiger partial charge on any atom is 0.237 e. The Bertz CT molecular complexity index is 458. The highest BCUT2D eigenvalue weighted by atomic mass is 16.2.